The van der Waals surface area contributed by atoms with Gasteiger partial charge in [0.05, 0.1) is 18.7 Å². The van der Waals surface area contributed by atoms with Gasteiger partial charge in [-0.15, -0.1) is 11.8 Å². The summed E-state index contributed by atoms with van der Waals surface area (Å²) in [6.45, 7) is 4.47. The molecule has 0 spiro atoms. The van der Waals surface area contributed by atoms with Crippen LogP contribution in [0.5, 0.6) is 11.5 Å². The molecule has 0 amide bonds. The highest BCUT2D eigenvalue weighted by Gasteiger charge is 2.15. The standard InChI is InChI=1S/C24H28ClNO5S/c1-4-7-18-21(10-9-17-20(26-28-3)15-30-24(17)18)29-12-6-13-32-22-11-8-16(14-19(22)25)31-23(27)5-2/h8-11,14-15,26H,4-7,12-13H2,1-3H3. The van der Waals surface area contributed by atoms with E-state index in [0.29, 0.717) is 23.8 Å². The summed E-state index contributed by atoms with van der Waals surface area (Å²) in [5.74, 6) is 1.89. The molecule has 3 rings (SSSR count). The van der Waals surface area contributed by atoms with E-state index in [1.165, 1.54) is 0 Å². The maximum absolute atomic E-state index is 11.4. The Balaban J connectivity index is 1.55. The molecule has 32 heavy (non-hydrogen) atoms. The molecule has 0 atom stereocenters. The van der Waals surface area contributed by atoms with Gasteiger partial charge < -0.3 is 13.9 Å². The first-order valence-corrected chi connectivity index (χ1v) is 12.0. The molecule has 8 heteroatoms. The summed E-state index contributed by atoms with van der Waals surface area (Å²) < 4.78 is 17.1. The van der Waals surface area contributed by atoms with Gasteiger partial charge >= 0.3 is 5.97 Å². The number of hydrogen-bond acceptors (Lipinski definition) is 7. The van der Waals surface area contributed by atoms with E-state index in [4.69, 9.17) is 30.3 Å². The van der Waals surface area contributed by atoms with Gasteiger partial charge in [-0.1, -0.05) is 31.9 Å². The zero-order valence-corrected chi connectivity index (χ0v) is 20.1. The van der Waals surface area contributed by atoms with Crippen LogP contribution in [0.25, 0.3) is 11.0 Å². The number of carbonyl (C=O) groups is 1. The van der Waals surface area contributed by atoms with Crippen molar-refractivity contribution >= 4 is 46.0 Å². The minimum atomic E-state index is -0.278. The number of aryl methyl sites for hydroxylation is 1. The Kier molecular flexibility index (Phi) is 9.14. The van der Waals surface area contributed by atoms with E-state index in [-0.39, 0.29) is 5.97 Å². The average molecular weight is 478 g/mol. The molecule has 0 saturated heterocycles. The van der Waals surface area contributed by atoms with Crippen molar-refractivity contribution in [1.29, 1.82) is 0 Å². The van der Waals surface area contributed by atoms with Crippen LogP contribution in [0.1, 0.15) is 38.7 Å². The normalized spacial score (nSPS) is 11.0. The highest BCUT2D eigenvalue weighted by molar-refractivity contribution is 7.99. The lowest BCUT2D eigenvalue weighted by Crippen LogP contribution is -2.05. The number of nitrogens with one attached hydrogen (secondary N) is 1. The van der Waals surface area contributed by atoms with Crippen LogP contribution in [-0.2, 0) is 16.1 Å². The minimum absolute atomic E-state index is 0.278. The average Bonchev–Trinajstić information content (AvgIpc) is 3.19. The van der Waals surface area contributed by atoms with Crippen LogP contribution >= 0.6 is 23.4 Å². The summed E-state index contributed by atoms with van der Waals surface area (Å²) in [4.78, 5) is 17.4. The van der Waals surface area contributed by atoms with E-state index in [9.17, 15) is 4.79 Å². The van der Waals surface area contributed by atoms with Crippen molar-refractivity contribution in [3.8, 4) is 11.5 Å². The van der Waals surface area contributed by atoms with Crippen molar-refractivity contribution in [2.24, 2.45) is 0 Å². The van der Waals surface area contributed by atoms with Crippen LogP contribution in [0.15, 0.2) is 45.9 Å². The third-order valence-electron chi connectivity index (χ3n) is 4.74. The summed E-state index contributed by atoms with van der Waals surface area (Å²) >= 11 is 7.98. The second kappa shape index (κ2) is 12.0. The summed E-state index contributed by atoms with van der Waals surface area (Å²) in [6, 6.07) is 9.29. The number of hydrogen-bond donors (Lipinski definition) is 1. The smallest absolute Gasteiger partial charge is 0.310 e. The second-order valence-electron chi connectivity index (χ2n) is 7.09. The monoisotopic (exact) mass is 477 g/mol. The van der Waals surface area contributed by atoms with E-state index in [1.54, 1.807) is 44.2 Å². The van der Waals surface area contributed by atoms with Crippen molar-refractivity contribution in [1.82, 2.24) is 0 Å². The number of thioether (sulfide) groups is 1. The Bertz CT molecular complexity index is 1050. The van der Waals surface area contributed by atoms with Gasteiger partial charge in [-0.2, -0.15) is 0 Å². The second-order valence-corrected chi connectivity index (χ2v) is 8.64. The zero-order chi connectivity index (χ0) is 22.9. The Morgan fingerprint density at radius 2 is 2.06 bits per heavy atom. The van der Waals surface area contributed by atoms with Crippen molar-refractivity contribution in [2.45, 2.75) is 44.4 Å². The van der Waals surface area contributed by atoms with Crippen molar-refractivity contribution < 1.29 is 23.5 Å². The molecule has 6 nitrogen and oxygen atoms in total. The Morgan fingerprint density at radius 3 is 2.78 bits per heavy atom. The molecule has 0 aliphatic carbocycles. The van der Waals surface area contributed by atoms with Gasteiger partial charge in [0.15, 0.2) is 0 Å². The molecule has 0 unspecified atom stereocenters. The molecule has 172 valence electrons. The largest absolute Gasteiger partial charge is 0.493 e. The number of furan rings is 1. The first-order chi connectivity index (χ1) is 15.6. The topological polar surface area (TPSA) is 69.9 Å². The quantitative estimate of drug-likeness (QED) is 0.100. The minimum Gasteiger partial charge on any atom is -0.493 e. The maximum atomic E-state index is 11.4. The molecule has 1 N–H and O–H groups in total. The molecule has 0 aliphatic rings. The third-order valence-corrected chi connectivity index (χ3v) is 6.33. The van der Waals surface area contributed by atoms with Gasteiger partial charge in [0, 0.05) is 34.1 Å². The molecule has 0 bridgehead atoms. The fourth-order valence-electron chi connectivity index (χ4n) is 3.24. The maximum Gasteiger partial charge on any atom is 0.310 e. The van der Waals surface area contributed by atoms with Crippen LogP contribution in [0.2, 0.25) is 5.02 Å². The molecule has 2 aromatic carbocycles. The molecular weight excluding hydrogens is 450 g/mol. The molecule has 1 aromatic heterocycles. The van der Waals surface area contributed by atoms with Gasteiger partial charge in [0.25, 0.3) is 0 Å². The van der Waals surface area contributed by atoms with Crippen LogP contribution in [0, 0.1) is 0 Å². The van der Waals surface area contributed by atoms with Crippen LogP contribution in [0.3, 0.4) is 0 Å². The molecule has 1 heterocycles. The number of anilines is 1. The van der Waals surface area contributed by atoms with Gasteiger partial charge in [-0.25, -0.2) is 0 Å². The number of benzene rings is 2. The van der Waals surface area contributed by atoms with E-state index in [0.717, 1.165) is 57.9 Å². The number of rotatable bonds is 12. The van der Waals surface area contributed by atoms with Gasteiger partial charge in [0.2, 0.25) is 0 Å². The van der Waals surface area contributed by atoms with E-state index in [2.05, 4.69) is 12.4 Å². The number of halogens is 1. The number of carbonyl (C=O) groups excluding carboxylic acids is 1. The molecule has 3 aromatic rings. The lowest BCUT2D eigenvalue weighted by Gasteiger charge is -2.12. The highest BCUT2D eigenvalue weighted by atomic mass is 35.5. The highest BCUT2D eigenvalue weighted by Crippen LogP contribution is 2.35. The van der Waals surface area contributed by atoms with Crippen molar-refractivity contribution in [3.63, 3.8) is 0 Å². The summed E-state index contributed by atoms with van der Waals surface area (Å²) in [5.41, 5.74) is 5.54. The van der Waals surface area contributed by atoms with Crippen LogP contribution < -0.4 is 15.0 Å². The number of fused-ring (bicyclic) bond motifs is 1. The molecule has 0 radical (unpaired) electrons. The van der Waals surface area contributed by atoms with Crippen LogP contribution in [-0.4, -0.2) is 25.4 Å². The number of ether oxygens (including phenoxy) is 2. The molecular formula is C24H28ClNO5S. The van der Waals surface area contributed by atoms with E-state index < -0.39 is 0 Å². The van der Waals surface area contributed by atoms with Gasteiger partial charge in [0.1, 0.15) is 29.0 Å². The predicted molar refractivity (Wildman–Crippen MR) is 129 cm³/mol. The van der Waals surface area contributed by atoms with Gasteiger partial charge in [-0.05, 0) is 37.1 Å². The summed E-state index contributed by atoms with van der Waals surface area (Å²) in [6.07, 6.45) is 4.69. The predicted octanol–water partition coefficient (Wildman–Crippen LogP) is 6.89. The lowest BCUT2D eigenvalue weighted by atomic mass is 10.1. The van der Waals surface area contributed by atoms with Crippen LogP contribution in [0.4, 0.5) is 5.69 Å². The fourth-order valence-corrected chi connectivity index (χ4v) is 4.42. The molecule has 0 aliphatic heterocycles. The Morgan fingerprint density at radius 1 is 1.22 bits per heavy atom. The van der Waals surface area contributed by atoms with E-state index >= 15 is 0 Å². The molecule has 0 saturated carbocycles. The summed E-state index contributed by atoms with van der Waals surface area (Å²) in [7, 11) is 1.57. The zero-order valence-electron chi connectivity index (χ0n) is 18.5. The van der Waals surface area contributed by atoms with Crippen molar-refractivity contribution in [3.05, 3.63) is 47.2 Å². The SMILES string of the molecule is CCCc1c(OCCCSc2ccc(OC(=O)CC)cc2Cl)ccc2c(NOC)coc12. The summed E-state index contributed by atoms with van der Waals surface area (Å²) in [5, 5.41) is 1.55. The first-order valence-electron chi connectivity index (χ1n) is 10.6. The Labute approximate surface area is 197 Å². The Hall–Kier alpha value is -2.35. The lowest BCUT2D eigenvalue weighted by molar-refractivity contribution is -0.134. The van der Waals surface area contributed by atoms with E-state index in [1.807, 2.05) is 18.2 Å². The molecule has 0 fully saturated rings. The number of esters is 1. The first kappa shape index (κ1) is 24.3. The van der Waals surface area contributed by atoms with Crippen molar-refractivity contribution in [2.75, 3.05) is 24.9 Å². The third kappa shape index (κ3) is 6.12. The fraction of sp³-hybridized carbons (Fsp3) is 0.375. The van der Waals surface area contributed by atoms with Gasteiger partial charge in [-0.3, -0.25) is 15.1 Å².